The predicted molar refractivity (Wildman–Crippen MR) is 136 cm³/mol. The number of ether oxygens (including phenoxy) is 3. The average Bonchev–Trinajstić information content (AvgIpc) is 3.33. The van der Waals surface area contributed by atoms with Crippen molar-refractivity contribution in [2.75, 3.05) is 77.0 Å². The van der Waals surface area contributed by atoms with Crippen molar-refractivity contribution in [2.24, 2.45) is 0 Å². The number of rotatable bonds is 8. The highest BCUT2D eigenvalue weighted by Gasteiger charge is 2.29. The van der Waals surface area contributed by atoms with Crippen LogP contribution in [0.3, 0.4) is 0 Å². The van der Waals surface area contributed by atoms with E-state index >= 15 is 0 Å². The molecule has 0 unspecified atom stereocenters. The molecule has 3 aromatic rings. The average molecular weight is 477 g/mol. The Labute approximate surface area is 206 Å². The second kappa shape index (κ2) is 10.5. The number of nitrogens with zero attached hydrogens (tertiary/aromatic N) is 6. The molecule has 0 spiro atoms. The Morgan fingerprint density at radius 2 is 1.91 bits per heavy atom. The molecule has 0 radical (unpaired) electrons. The van der Waals surface area contributed by atoms with Gasteiger partial charge in [0.1, 0.15) is 18.2 Å². The first-order valence-electron chi connectivity index (χ1n) is 12.0. The van der Waals surface area contributed by atoms with E-state index in [1.165, 1.54) is 0 Å². The van der Waals surface area contributed by atoms with Gasteiger partial charge in [-0.2, -0.15) is 4.98 Å². The third-order valence-corrected chi connectivity index (χ3v) is 6.27. The first-order chi connectivity index (χ1) is 17.1. The minimum atomic E-state index is 0.587. The molecule has 0 amide bonds. The molecule has 0 atom stereocenters. The van der Waals surface area contributed by atoms with Gasteiger partial charge in [-0.1, -0.05) is 12.1 Å². The number of pyridine rings is 1. The van der Waals surface area contributed by atoms with Gasteiger partial charge in [-0.15, -0.1) is 0 Å². The zero-order chi connectivity index (χ0) is 24.2. The summed E-state index contributed by atoms with van der Waals surface area (Å²) in [5.74, 6) is 3.10. The quantitative estimate of drug-likeness (QED) is 0.488. The molecular weight excluding hydrogens is 444 g/mol. The van der Waals surface area contributed by atoms with Crippen LogP contribution < -0.4 is 19.3 Å². The summed E-state index contributed by atoms with van der Waals surface area (Å²) in [6, 6.07) is 12.1. The van der Waals surface area contributed by atoms with E-state index in [4.69, 9.17) is 24.2 Å². The van der Waals surface area contributed by atoms with Gasteiger partial charge in [0.05, 0.1) is 26.0 Å². The van der Waals surface area contributed by atoms with Crippen LogP contribution in [-0.2, 0) is 11.2 Å². The Morgan fingerprint density at radius 3 is 2.71 bits per heavy atom. The van der Waals surface area contributed by atoms with Gasteiger partial charge in [0, 0.05) is 55.3 Å². The molecule has 9 nitrogen and oxygen atoms in total. The molecule has 0 saturated carbocycles. The Morgan fingerprint density at radius 1 is 1.06 bits per heavy atom. The molecule has 2 aliphatic rings. The highest BCUT2D eigenvalue weighted by Crippen LogP contribution is 2.40. The van der Waals surface area contributed by atoms with Crippen LogP contribution in [0.1, 0.15) is 5.56 Å². The molecule has 9 heteroatoms. The van der Waals surface area contributed by atoms with Gasteiger partial charge in [0.25, 0.3) is 0 Å². The molecule has 184 valence electrons. The molecule has 1 saturated heterocycles. The molecule has 0 N–H and O–H groups in total. The summed E-state index contributed by atoms with van der Waals surface area (Å²) in [4.78, 5) is 21.0. The van der Waals surface area contributed by atoms with E-state index in [9.17, 15) is 0 Å². The SMILES string of the molecule is COc1cccc(-c2nc(N3CCOCC3)nc3c2CCN3c2ccnc(OCCN(C)C)c2)c1. The van der Waals surface area contributed by atoms with Crippen LogP contribution in [0.5, 0.6) is 11.6 Å². The molecule has 4 heterocycles. The van der Waals surface area contributed by atoms with Crippen LogP contribution in [0.2, 0.25) is 0 Å². The number of aromatic nitrogens is 3. The van der Waals surface area contributed by atoms with E-state index in [-0.39, 0.29) is 0 Å². The molecule has 1 aromatic carbocycles. The van der Waals surface area contributed by atoms with Gasteiger partial charge in [0.2, 0.25) is 11.8 Å². The van der Waals surface area contributed by atoms with Crippen molar-refractivity contribution >= 4 is 17.5 Å². The number of benzene rings is 1. The van der Waals surface area contributed by atoms with Gasteiger partial charge in [-0.25, -0.2) is 9.97 Å². The summed E-state index contributed by atoms with van der Waals surface area (Å²) in [6.07, 6.45) is 2.65. The first-order valence-corrected chi connectivity index (χ1v) is 12.0. The number of fused-ring (bicyclic) bond motifs is 1. The standard InChI is InChI=1S/C26H32N6O3/c1-30(2)11-16-35-23-18-20(7-9-27-23)32-10-8-22-24(19-5-4-6-21(17-19)33-3)28-26(29-25(22)32)31-12-14-34-15-13-31/h4-7,9,17-18H,8,10-16H2,1-3H3. The number of hydrogen-bond donors (Lipinski definition) is 0. The van der Waals surface area contributed by atoms with Crippen molar-refractivity contribution in [3.8, 4) is 22.9 Å². The van der Waals surface area contributed by atoms with Crippen LogP contribution in [0, 0.1) is 0 Å². The maximum absolute atomic E-state index is 5.89. The maximum Gasteiger partial charge on any atom is 0.228 e. The van der Waals surface area contributed by atoms with Crippen LogP contribution >= 0.6 is 0 Å². The third kappa shape index (κ3) is 5.16. The molecule has 1 fully saturated rings. The smallest absolute Gasteiger partial charge is 0.228 e. The third-order valence-electron chi connectivity index (χ3n) is 6.27. The second-order valence-electron chi connectivity index (χ2n) is 8.91. The highest BCUT2D eigenvalue weighted by molar-refractivity contribution is 5.77. The summed E-state index contributed by atoms with van der Waals surface area (Å²) in [5, 5.41) is 0. The van der Waals surface area contributed by atoms with Crippen LogP contribution in [0.4, 0.5) is 17.5 Å². The Balaban J connectivity index is 1.53. The van der Waals surface area contributed by atoms with Gasteiger partial charge in [-0.3, -0.25) is 0 Å². The summed E-state index contributed by atoms with van der Waals surface area (Å²) in [6.45, 7) is 5.13. The van der Waals surface area contributed by atoms with Gasteiger partial charge in [-0.05, 0) is 38.7 Å². The zero-order valence-electron chi connectivity index (χ0n) is 20.6. The predicted octanol–water partition coefficient (Wildman–Crippen LogP) is 3.02. The first kappa shape index (κ1) is 23.3. The summed E-state index contributed by atoms with van der Waals surface area (Å²) in [7, 11) is 5.74. The van der Waals surface area contributed by atoms with E-state index in [0.29, 0.717) is 25.7 Å². The fraction of sp³-hybridized carbons (Fsp3) is 0.423. The summed E-state index contributed by atoms with van der Waals surface area (Å²) in [5.41, 5.74) is 4.14. The number of likely N-dealkylation sites (N-methyl/N-ethyl adjacent to an activating group) is 1. The van der Waals surface area contributed by atoms with E-state index < -0.39 is 0 Å². The summed E-state index contributed by atoms with van der Waals surface area (Å²) < 4.78 is 16.9. The van der Waals surface area contributed by atoms with Crippen LogP contribution in [-0.4, -0.2) is 87.1 Å². The molecule has 35 heavy (non-hydrogen) atoms. The second-order valence-corrected chi connectivity index (χ2v) is 8.91. The van der Waals surface area contributed by atoms with E-state index in [0.717, 1.165) is 72.6 Å². The van der Waals surface area contributed by atoms with E-state index in [2.05, 4.69) is 25.8 Å². The lowest BCUT2D eigenvalue weighted by molar-refractivity contribution is 0.122. The number of methoxy groups -OCH3 is 1. The number of hydrogen-bond acceptors (Lipinski definition) is 9. The van der Waals surface area contributed by atoms with Crippen molar-refractivity contribution < 1.29 is 14.2 Å². The Bertz CT molecular complexity index is 1170. The lowest BCUT2D eigenvalue weighted by Crippen LogP contribution is -2.37. The Kier molecular flexibility index (Phi) is 6.96. The fourth-order valence-electron chi connectivity index (χ4n) is 4.39. The number of anilines is 3. The molecule has 0 bridgehead atoms. The highest BCUT2D eigenvalue weighted by atomic mass is 16.5. The molecule has 0 aliphatic carbocycles. The Hall–Kier alpha value is -3.43. The normalized spacial score (nSPS) is 15.4. The zero-order valence-corrected chi connectivity index (χ0v) is 20.6. The number of morpholine rings is 1. The van der Waals surface area contributed by atoms with Crippen molar-refractivity contribution in [3.63, 3.8) is 0 Å². The lowest BCUT2D eigenvalue weighted by Gasteiger charge is -2.28. The molecule has 5 rings (SSSR count). The largest absolute Gasteiger partial charge is 0.497 e. The minimum Gasteiger partial charge on any atom is -0.497 e. The molecule has 2 aromatic heterocycles. The van der Waals surface area contributed by atoms with Crippen LogP contribution in [0.15, 0.2) is 42.6 Å². The van der Waals surface area contributed by atoms with E-state index in [1.54, 1.807) is 13.3 Å². The molecule has 2 aliphatic heterocycles. The maximum atomic E-state index is 5.89. The van der Waals surface area contributed by atoms with Gasteiger partial charge >= 0.3 is 0 Å². The molecular formula is C26H32N6O3. The van der Waals surface area contributed by atoms with E-state index in [1.807, 2.05) is 44.4 Å². The van der Waals surface area contributed by atoms with Gasteiger partial charge in [0.15, 0.2) is 0 Å². The van der Waals surface area contributed by atoms with Crippen molar-refractivity contribution in [3.05, 3.63) is 48.2 Å². The monoisotopic (exact) mass is 476 g/mol. The van der Waals surface area contributed by atoms with Crippen LogP contribution in [0.25, 0.3) is 11.3 Å². The van der Waals surface area contributed by atoms with Crippen molar-refractivity contribution in [2.45, 2.75) is 6.42 Å². The van der Waals surface area contributed by atoms with Crippen molar-refractivity contribution in [1.82, 2.24) is 19.9 Å². The lowest BCUT2D eigenvalue weighted by atomic mass is 10.1. The van der Waals surface area contributed by atoms with Gasteiger partial charge < -0.3 is 28.9 Å². The van der Waals surface area contributed by atoms with Crippen molar-refractivity contribution in [1.29, 1.82) is 0 Å². The summed E-state index contributed by atoms with van der Waals surface area (Å²) >= 11 is 0. The topological polar surface area (TPSA) is 76.1 Å². The minimum absolute atomic E-state index is 0.587. The fourth-order valence-corrected chi connectivity index (χ4v) is 4.39.